The molecule has 0 radical (unpaired) electrons. The lowest BCUT2D eigenvalue weighted by Crippen LogP contribution is -2.20. The lowest BCUT2D eigenvalue weighted by atomic mass is 9.99. The molecule has 1 aliphatic rings. The van der Waals surface area contributed by atoms with Crippen LogP contribution < -0.4 is 11.1 Å². The van der Waals surface area contributed by atoms with Crippen molar-refractivity contribution >= 4 is 17.5 Å². The van der Waals surface area contributed by atoms with Crippen LogP contribution in [0.2, 0.25) is 0 Å². The largest absolute Gasteiger partial charge is 0.444 e. The Labute approximate surface area is 116 Å². The Bertz CT molecular complexity index is 683. The van der Waals surface area contributed by atoms with Crippen molar-refractivity contribution in [2.45, 2.75) is 13.2 Å². The van der Waals surface area contributed by atoms with Gasteiger partial charge in [0, 0.05) is 16.8 Å². The number of ether oxygens (including phenoxy) is 1. The lowest BCUT2D eigenvalue weighted by molar-refractivity contribution is 0.151. The first-order chi connectivity index (χ1) is 9.67. The van der Waals surface area contributed by atoms with Crippen molar-refractivity contribution in [1.82, 2.24) is 0 Å². The zero-order valence-electron chi connectivity index (χ0n) is 10.7. The molecule has 0 bridgehead atoms. The number of aliphatic hydroxyl groups is 1. The number of cyclic esters (lactones) is 1. The van der Waals surface area contributed by atoms with Gasteiger partial charge in [0.2, 0.25) is 0 Å². The third kappa shape index (κ3) is 2.19. The van der Waals surface area contributed by atoms with E-state index in [-0.39, 0.29) is 13.2 Å². The van der Waals surface area contributed by atoms with Crippen molar-refractivity contribution in [1.29, 1.82) is 0 Å². The van der Waals surface area contributed by atoms with Gasteiger partial charge in [0.25, 0.3) is 0 Å². The molecule has 0 atom stereocenters. The summed E-state index contributed by atoms with van der Waals surface area (Å²) in [5.74, 6) is 0. The van der Waals surface area contributed by atoms with Crippen LogP contribution >= 0.6 is 0 Å². The maximum absolute atomic E-state index is 11.2. The van der Waals surface area contributed by atoms with Gasteiger partial charge >= 0.3 is 6.09 Å². The number of rotatable bonds is 2. The van der Waals surface area contributed by atoms with Gasteiger partial charge < -0.3 is 15.6 Å². The molecule has 0 fully saturated rings. The van der Waals surface area contributed by atoms with Gasteiger partial charge in [0.05, 0.1) is 12.3 Å². The minimum Gasteiger partial charge on any atom is -0.444 e. The van der Waals surface area contributed by atoms with Crippen molar-refractivity contribution < 1.29 is 14.6 Å². The van der Waals surface area contributed by atoms with Crippen molar-refractivity contribution in [2.75, 3.05) is 11.1 Å². The van der Waals surface area contributed by atoms with E-state index in [1.54, 1.807) is 6.07 Å². The number of nitrogen functional groups attached to an aromatic ring is 1. The van der Waals surface area contributed by atoms with Gasteiger partial charge in [0.15, 0.2) is 0 Å². The van der Waals surface area contributed by atoms with Gasteiger partial charge in [-0.3, -0.25) is 5.32 Å². The predicted octanol–water partition coefficient (Wildman–Crippen LogP) is 2.49. The lowest BCUT2D eigenvalue weighted by Gasteiger charge is -2.18. The SMILES string of the molecule is Nc1ccc(-c2ccc3c(c2)NC(=O)OC3)cc1CO. The summed E-state index contributed by atoms with van der Waals surface area (Å²) in [6.07, 6.45) is -0.442. The summed E-state index contributed by atoms with van der Waals surface area (Å²) in [4.78, 5) is 11.2. The molecule has 0 aliphatic carbocycles. The van der Waals surface area contributed by atoms with E-state index in [1.807, 2.05) is 30.3 Å². The van der Waals surface area contributed by atoms with Crippen LogP contribution in [0.1, 0.15) is 11.1 Å². The highest BCUT2D eigenvalue weighted by Gasteiger charge is 2.16. The predicted molar refractivity (Wildman–Crippen MR) is 76.0 cm³/mol. The van der Waals surface area contributed by atoms with Crippen LogP contribution in [0.3, 0.4) is 0 Å². The monoisotopic (exact) mass is 270 g/mol. The van der Waals surface area contributed by atoms with E-state index in [9.17, 15) is 9.90 Å². The molecule has 3 rings (SSSR count). The van der Waals surface area contributed by atoms with Crippen molar-refractivity contribution in [3.8, 4) is 11.1 Å². The number of hydrogen-bond acceptors (Lipinski definition) is 4. The molecule has 4 N–H and O–H groups in total. The fourth-order valence-corrected chi connectivity index (χ4v) is 2.21. The molecular weight excluding hydrogens is 256 g/mol. The molecule has 5 nitrogen and oxygen atoms in total. The first-order valence-electron chi connectivity index (χ1n) is 6.24. The number of benzene rings is 2. The molecular formula is C15H14N2O3. The second-order valence-corrected chi connectivity index (χ2v) is 4.64. The molecule has 0 aromatic heterocycles. The van der Waals surface area contributed by atoms with E-state index >= 15 is 0 Å². The number of nitrogens with two attached hydrogens (primary N) is 1. The molecule has 0 saturated heterocycles. The standard InChI is InChI=1S/C15H14N2O3/c16-13-4-3-9(5-12(13)7-18)10-1-2-11-8-20-15(19)17-14(11)6-10/h1-6,18H,7-8,16H2,(H,17,19). The van der Waals surface area contributed by atoms with E-state index in [2.05, 4.69) is 5.32 Å². The summed E-state index contributed by atoms with van der Waals surface area (Å²) in [6.45, 7) is 0.181. The topological polar surface area (TPSA) is 84.6 Å². The van der Waals surface area contributed by atoms with Gasteiger partial charge in [-0.25, -0.2) is 4.79 Å². The average molecular weight is 270 g/mol. The van der Waals surface area contributed by atoms with E-state index in [0.29, 0.717) is 11.3 Å². The summed E-state index contributed by atoms with van der Waals surface area (Å²) in [5.41, 5.74) is 10.6. The highest BCUT2D eigenvalue weighted by molar-refractivity contribution is 5.89. The smallest absolute Gasteiger partial charge is 0.411 e. The number of carbonyl (C=O) groups is 1. The molecule has 5 heteroatoms. The number of carbonyl (C=O) groups excluding carboxylic acids is 1. The van der Waals surface area contributed by atoms with Crippen LogP contribution in [0.15, 0.2) is 36.4 Å². The summed E-state index contributed by atoms with van der Waals surface area (Å²) >= 11 is 0. The second kappa shape index (κ2) is 4.86. The first kappa shape index (κ1) is 12.5. The Balaban J connectivity index is 2.02. The highest BCUT2D eigenvalue weighted by atomic mass is 16.5. The third-order valence-electron chi connectivity index (χ3n) is 3.35. The van der Waals surface area contributed by atoms with Gasteiger partial charge in [-0.15, -0.1) is 0 Å². The van der Waals surface area contributed by atoms with Crippen molar-refractivity contribution in [3.05, 3.63) is 47.5 Å². The third-order valence-corrected chi connectivity index (χ3v) is 3.35. The fourth-order valence-electron chi connectivity index (χ4n) is 2.21. The molecule has 1 aliphatic heterocycles. The minimum atomic E-state index is -0.442. The average Bonchev–Trinajstić information content (AvgIpc) is 2.47. The number of nitrogens with one attached hydrogen (secondary N) is 1. The normalized spacial score (nSPS) is 13.3. The van der Waals surface area contributed by atoms with Gasteiger partial charge in [-0.2, -0.15) is 0 Å². The zero-order valence-corrected chi connectivity index (χ0v) is 10.7. The maximum Gasteiger partial charge on any atom is 0.411 e. The van der Waals surface area contributed by atoms with Crippen LogP contribution in [0.5, 0.6) is 0 Å². The molecule has 0 spiro atoms. The number of fused-ring (bicyclic) bond motifs is 1. The van der Waals surface area contributed by atoms with Crippen LogP contribution in [-0.4, -0.2) is 11.2 Å². The quantitative estimate of drug-likeness (QED) is 0.732. The van der Waals surface area contributed by atoms with Crippen molar-refractivity contribution in [3.63, 3.8) is 0 Å². The number of anilines is 2. The molecule has 20 heavy (non-hydrogen) atoms. The second-order valence-electron chi connectivity index (χ2n) is 4.64. The van der Waals surface area contributed by atoms with Crippen LogP contribution in [0.25, 0.3) is 11.1 Å². The summed E-state index contributed by atoms with van der Waals surface area (Å²) < 4.78 is 4.90. The van der Waals surface area contributed by atoms with Crippen LogP contribution in [-0.2, 0) is 18.0 Å². The Morgan fingerprint density at radius 1 is 1.20 bits per heavy atom. The van der Waals surface area contributed by atoms with Crippen molar-refractivity contribution in [2.24, 2.45) is 0 Å². The Morgan fingerprint density at radius 2 is 1.95 bits per heavy atom. The number of amides is 1. The Morgan fingerprint density at radius 3 is 2.75 bits per heavy atom. The number of hydrogen-bond donors (Lipinski definition) is 3. The summed E-state index contributed by atoms with van der Waals surface area (Å²) in [7, 11) is 0. The maximum atomic E-state index is 11.2. The van der Waals surface area contributed by atoms with Gasteiger partial charge in [-0.1, -0.05) is 18.2 Å². The van der Waals surface area contributed by atoms with E-state index in [0.717, 1.165) is 22.4 Å². The number of aliphatic hydroxyl groups excluding tert-OH is 1. The molecule has 1 heterocycles. The molecule has 1 amide bonds. The molecule has 2 aromatic carbocycles. The van der Waals surface area contributed by atoms with Crippen LogP contribution in [0, 0.1) is 0 Å². The van der Waals surface area contributed by atoms with E-state index in [1.165, 1.54) is 0 Å². The van der Waals surface area contributed by atoms with E-state index in [4.69, 9.17) is 10.5 Å². The van der Waals surface area contributed by atoms with Gasteiger partial charge in [-0.05, 0) is 29.3 Å². The molecule has 102 valence electrons. The summed E-state index contributed by atoms with van der Waals surface area (Å²) in [6, 6.07) is 11.3. The van der Waals surface area contributed by atoms with Gasteiger partial charge in [0.1, 0.15) is 6.61 Å². The zero-order chi connectivity index (χ0) is 14.1. The first-order valence-corrected chi connectivity index (χ1v) is 6.24. The fraction of sp³-hybridized carbons (Fsp3) is 0.133. The van der Waals surface area contributed by atoms with Crippen LogP contribution in [0.4, 0.5) is 16.2 Å². The highest BCUT2D eigenvalue weighted by Crippen LogP contribution is 2.30. The molecule has 0 saturated carbocycles. The Kier molecular flexibility index (Phi) is 3.04. The minimum absolute atomic E-state index is 0.102. The summed E-state index contributed by atoms with van der Waals surface area (Å²) in [5, 5.41) is 11.9. The van der Waals surface area contributed by atoms with E-state index < -0.39 is 6.09 Å². The molecule has 0 unspecified atom stereocenters. The Hall–Kier alpha value is -2.53. The molecule has 2 aromatic rings.